The third kappa shape index (κ3) is 2.61. The van der Waals surface area contributed by atoms with Crippen molar-refractivity contribution in [2.24, 2.45) is 5.73 Å². The van der Waals surface area contributed by atoms with Crippen LogP contribution in [0.5, 0.6) is 0 Å². The van der Waals surface area contributed by atoms with Crippen LogP contribution >= 0.6 is 0 Å². The van der Waals surface area contributed by atoms with Gasteiger partial charge in [0.1, 0.15) is 0 Å². The van der Waals surface area contributed by atoms with Gasteiger partial charge in [0.05, 0.1) is 0 Å². The van der Waals surface area contributed by atoms with Crippen LogP contribution < -0.4 is 10.5 Å². The molecule has 5 nitrogen and oxygen atoms in total. The van der Waals surface area contributed by atoms with E-state index in [0.717, 1.165) is 4.31 Å². The number of likely N-dealkylation sites (N-methyl/N-ethyl adjacent to an activating group) is 1. The zero-order valence-corrected chi connectivity index (χ0v) is 6.98. The fraction of sp³-hybridized carbons (Fsp3) is 1.00. The highest BCUT2D eigenvalue weighted by Gasteiger charge is 2.12. The molecule has 0 amide bonds. The summed E-state index contributed by atoms with van der Waals surface area (Å²) in [6.45, 7) is 0.667. The van der Waals surface area contributed by atoms with E-state index in [4.69, 9.17) is 5.73 Å². The quantitative estimate of drug-likeness (QED) is 0.526. The Morgan fingerprint density at radius 2 is 2.10 bits per heavy atom. The van der Waals surface area contributed by atoms with E-state index in [1.54, 1.807) is 0 Å². The van der Waals surface area contributed by atoms with E-state index in [1.165, 1.54) is 14.1 Å². The van der Waals surface area contributed by atoms with Crippen molar-refractivity contribution in [2.45, 2.75) is 0 Å². The van der Waals surface area contributed by atoms with Crippen LogP contribution in [0.2, 0.25) is 0 Å². The second-order valence-corrected chi connectivity index (χ2v) is 3.80. The highest BCUT2D eigenvalue weighted by atomic mass is 32.2. The van der Waals surface area contributed by atoms with Gasteiger partial charge in [0.2, 0.25) is 0 Å². The van der Waals surface area contributed by atoms with Crippen LogP contribution in [0.3, 0.4) is 0 Å². The van der Waals surface area contributed by atoms with E-state index >= 15 is 0 Å². The molecule has 3 N–H and O–H groups in total. The minimum Gasteiger partial charge on any atom is -0.329 e. The minimum absolute atomic E-state index is 0.331. The molecule has 0 unspecified atom stereocenters. The molecular formula is C4H13N3O2S. The summed E-state index contributed by atoms with van der Waals surface area (Å²) in [5.74, 6) is 0. The lowest BCUT2D eigenvalue weighted by Crippen LogP contribution is -2.38. The van der Waals surface area contributed by atoms with Gasteiger partial charge >= 0.3 is 0 Å². The summed E-state index contributed by atoms with van der Waals surface area (Å²) in [6.07, 6.45) is 0. The van der Waals surface area contributed by atoms with Crippen LogP contribution in [0, 0.1) is 0 Å². The maximum absolute atomic E-state index is 10.8. The summed E-state index contributed by atoms with van der Waals surface area (Å²) in [4.78, 5) is 0. The van der Waals surface area contributed by atoms with Crippen molar-refractivity contribution < 1.29 is 8.42 Å². The fourth-order valence-corrected chi connectivity index (χ4v) is 1.12. The van der Waals surface area contributed by atoms with Gasteiger partial charge in [0, 0.05) is 27.2 Å². The third-order valence-corrected chi connectivity index (χ3v) is 2.63. The van der Waals surface area contributed by atoms with Crippen LogP contribution in [0.4, 0.5) is 0 Å². The van der Waals surface area contributed by atoms with Crippen LogP contribution in [0.1, 0.15) is 0 Å². The molecule has 0 radical (unpaired) electrons. The molecule has 0 heterocycles. The third-order valence-electron chi connectivity index (χ3n) is 1.11. The van der Waals surface area contributed by atoms with E-state index < -0.39 is 10.2 Å². The molecule has 6 heteroatoms. The Balaban J connectivity index is 4.06. The Kier molecular flexibility index (Phi) is 3.80. The van der Waals surface area contributed by atoms with Gasteiger partial charge in [-0.05, 0) is 0 Å². The molecule has 0 atom stereocenters. The number of nitrogens with two attached hydrogens (primary N) is 1. The first-order chi connectivity index (χ1) is 4.54. The van der Waals surface area contributed by atoms with Crippen molar-refractivity contribution in [3.8, 4) is 0 Å². The van der Waals surface area contributed by atoms with Gasteiger partial charge in [-0.15, -0.1) is 0 Å². The van der Waals surface area contributed by atoms with Crippen LogP contribution in [-0.2, 0) is 10.2 Å². The second kappa shape index (κ2) is 3.87. The van der Waals surface area contributed by atoms with Crippen LogP contribution in [0.25, 0.3) is 0 Å². The van der Waals surface area contributed by atoms with Crippen LogP contribution in [0.15, 0.2) is 0 Å². The molecule has 0 aliphatic rings. The molecule has 0 saturated carbocycles. The smallest absolute Gasteiger partial charge is 0.278 e. The Morgan fingerprint density at radius 3 is 2.40 bits per heavy atom. The highest BCUT2D eigenvalue weighted by molar-refractivity contribution is 7.87. The van der Waals surface area contributed by atoms with Gasteiger partial charge in [0.25, 0.3) is 10.2 Å². The van der Waals surface area contributed by atoms with Gasteiger partial charge in [-0.1, -0.05) is 0 Å². The Bertz CT molecular complexity index is 177. The van der Waals surface area contributed by atoms with E-state index in [2.05, 4.69) is 4.72 Å². The average Bonchev–Trinajstić information content (AvgIpc) is 1.89. The zero-order chi connectivity index (χ0) is 8.20. The molecule has 0 aromatic heterocycles. The molecule has 0 rings (SSSR count). The highest BCUT2D eigenvalue weighted by Crippen LogP contribution is 1.88. The first-order valence-corrected chi connectivity index (χ1v) is 4.33. The van der Waals surface area contributed by atoms with Crippen molar-refractivity contribution in [2.75, 3.05) is 27.2 Å². The number of hydrogen-bond acceptors (Lipinski definition) is 3. The van der Waals surface area contributed by atoms with Gasteiger partial charge in [-0.25, -0.2) is 4.72 Å². The second-order valence-electron chi connectivity index (χ2n) is 1.82. The maximum atomic E-state index is 10.8. The van der Waals surface area contributed by atoms with Crippen molar-refractivity contribution >= 4 is 10.2 Å². The molecule has 0 fully saturated rings. The van der Waals surface area contributed by atoms with Crippen molar-refractivity contribution in [3.05, 3.63) is 0 Å². The van der Waals surface area contributed by atoms with Crippen molar-refractivity contribution in [3.63, 3.8) is 0 Å². The maximum Gasteiger partial charge on any atom is 0.278 e. The number of nitrogens with zero attached hydrogens (tertiary/aromatic N) is 1. The largest absolute Gasteiger partial charge is 0.329 e. The average molecular weight is 167 g/mol. The topological polar surface area (TPSA) is 75.4 Å². The molecule has 62 valence electrons. The van der Waals surface area contributed by atoms with Crippen molar-refractivity contribution in [1.82, 2.24) is 9.03 Å². The van der Waals surface area contributed by atoms with Crippen molar-refractivity contribution in [1.29, 1.82) is 0 Å². The molecule has 0 aromatic rings. The lowest BCUT2D eigenvalue weighted by atomic mass is 10.7. The molecule has 0 spiro atoms. The molecule has 0 aliphatic heterocycles. The summed E-state index contributed by atoms with van der Waals surface area (Å²) in [5, 5.41) is 0. The molecule has 0 aromatic carbocycles. The summed E-state index contributed by atoms with van der Waals surface area (Å²) in [6, 6.07) is 0. The van der Waals surface area contributed by atoms with Gasteiger partial charge in [-0.3, -0.25) is 0 Å². The molecule has 0 saturated heterocycles. The predicted molar refractivity (Wildman–Crippen MR) is 39.7 cm³/mol. The monoisotopic (exact) mass is 167 g/mol. The summed E-state index contributed by atoms with van der Waals surface area (Å²) in [7, 11) is -0.423. The lowest BCUT2D eigenvalue weighted by molar-refractivity contribution is 0.469. The first kappa shape index (κ1) is 9.83. The molecule has 0 aliphatic carbocycles. The molecule has 10 heavy (non-hydrogen) atoms. The van der Waals surface area contributed by atoms with Gasteiger partial charge in [0.15, 0.2) is 0 Å². The Labute approximate surface area is 61.4 Å². The minimum atomic E-state index is -3.26. The Hall–Kier alpha value is -0.170. The zero-order valence-electron chi connectivity index (χ0n) is 6.16. The van der Waals surface area contributed by atoms with E-state index in [0.29, 0.717) is 13.1 Å². The SMILES string of the molecule is CNS(=O)(=O)N(C)CCN. The molecular weight excluding hydrogens is 154 g/mol. The first-order valence-electron chi connectivity index (χ1n) is 2.89. The van der Waals surface area contributed by atoms with Crippen LogP contribution in [-0.4, -0.2) is 39.9 Å². The number of rotatable bonds is 4. The van der Waals surface area contributed by atoms with E-state index in [9.17, 15) is 8.42 Å². The fourth-order valence-electron chi connectivity index (χ4n) is 0.458. The normalized spacial score (nSPS) is 12.4. The number of nitrogens with one attached hydrogen (secondary N) is 1. The lowest BCUT2D eigenvalue weighted by Gasteiger charge is -2.13. The van der Waals surface area contributed by atoms with E-state index in [-0.39, 0.29) is 0 Å². The summed E-state index contributed by atoms with van der Waals surface area (Å²) >= 11 is 0. The summed E-state index contributed by atoms with van der Waals surface area (Å²) < 4.78 is 25.0. The van der Waals surface area contributed by atoms with Gasteiger partial charge < -0.3 is 5.73 Å². The summed E-state index contributed by atoms with van der Waals surface area (Å²) in [5.41, 5.74) is 5.15. The number of hydrogen-bond donors (Lipinski definition) is 2. The predicted octanol–water partition coefficient (Wildman–Crippen LogP) is -1.66. The van der Waals surface area contributed by atoms with Gasteiger partial charge in [-0.2, -0.15) is 12.7 Å². The standard InChI is InChI=1S/C4H13N3O2S/c1-6-10(8,9)7(2)4-3-5/h6H,3-5H2,1-2H3. The van der Waals surface area contributed by atoms with E-state index in [1.807, 2.05) is 0 Å². The Morgan fingerprint density at radius 1 is 1.60 bits per heavy atom. The molecule has 0 bridgehead atoms.